The Hall–Kier alpha value is -1.32. The maximum atomic E-state index is 6.29. The van der Waals surface area contributed by atoms with E-state index in [9.17, 15) is 0 Å². The Balaban J connectivity index is 2.37. The summed E-state index contributed by atoms with van der Waals surface area (Å²) in [5.41, 5.74) is 3.11. The van der Waals surface area contributed by atoms with Gasteiger partial charge in [0, 0.05) is 29.4 Å². The van der Waals surface area contributed by atoms with Gasteiger partial charge in [-0.15, -0.1) is 0 Å². The average molecular weight is 264 g/mol. The molecule has 1 aromatic heterocycles. The van der Waals surface area contributed by atoms with Gasteiger partial charge in [-0.2, -0.15) is 5.10 Å². The Morgan fingerprint density at radius 3 is 2.72 bits per heavy atom. The molecule has 0 saturated carbocycles. The highest BCUT2D eigenvalue weighted by atomic mass is 35.5. The number of halogens is 1. The molecule has 0 saturated heterocycles. The van der Waals surface area contributed by atoms with Crippen molar-refractivity contribution in [1.29, 1.82) is 0 Å². The Bertz CT molecular complexity index is 532. The Labute approximate surface area is 113 Å². The lowest BCUT2D eigenvalue weighted by Gasteiger charge is -2.14. The van der Waals surface area contributed by atoms with Crippen LogP contribution >= 0.6 is 11.6 Å². The lowest BCUT2D eigenvalue weighted by molar-refractivity contribution is 0.586. The maximum Gasteiger partial charge on any atom is 0.0705 e. The molecule has 0 atom stereocenters. The van der Waals surface area contributed by atoms with E-state index in [2.05, 4.69) is 24.3 Å². The largest absolute Gasteiger partial charge is 0.310 e. The van der Waals surface area contributed by atoms with Gasteiger partial charge in [-0.05, 0) is 25.1 Å². The van der Waals surface area contributed by atoms with Crippen molar-refractivity contribution in [2.45, 2.75) is 33.4 Å². The number of nitrogens with one attached hydrogen (secondary N) is 1. The van der Waals surface area contributed by atoms with Crippen molar-refractivity contribution in [3.8, 4) is 5.69 Å². The van der Waals surface area contributed by atoms with Crippen LogP contribution in [0.1, 0.15) is 25.1 Å². The molecule has 18 heavy (non-hydrogen) atoms. The molecule has 2 aromatic rings. The molecule has 0 aliphatic heterocycles. The molecule has 0 bridgehead atoms. The Morgan fingerprint density at radius 1 is 1.33 bits per heavy atom. The van der Waals surface area contributed by atoms with Gasteiger partial charge in [0.15, 0.2) is 0 Å². The zero-order valence-electron chi connectivity index (χ0n) is 10.9. The minimum atomic E-state index is 0.425. The van der Waals surface area contributed by atoms with Gasteiger partial charge < -0.3 is 5.32 Å². The van der Waals surface area contributed by atoms with Crippen molar-refractivity contribution in [3.63, 3.8) is 0 Å². The lowest BCUT2D eigenvalue weighted by atomic mass is 10.1. The highest BCUT2D eigenvalue weighted by Crippen LogP contribution is 2.23. The minimum absolute atomic E-state index is 0.425. The van der Waals surface area contributed by atoms with Crippen molar-refractivity contribution in [3.05, 3.63) is 46.7 Å². The van der Waals surface area contributed by atoms with Gasteiger partial charge in [-0.3, -0.25) is 0 Å². The summed E-state index contributed by atoms with van der Waals surface area (Å²) in [5, 5.41) is 8.61. The molecule has 0 aliphatic carbocycles. The quantitative estimate of drug-likeness (QED) is 0.917. The van der Waals surface area contributed by atoms with Crippen LogP contribution < -0.4 is 5.32 Å². The van der Waals surface area contributed by atoms with E-state index in [1.54, 1.807) is 0 Å². The van der Waals surface area contributed by atoms with Gasteiger partial charge in [0.1, 0.15) is 0 Å². The molecule has 4 heteroatoms. The second kappa shape index (κ2) is 5.55. The van der Waals surface area contributed by atoms with Crippen molar-refractivity contribution in [2.75, 3.05) is 0 Å². The summed E-state index contributed by atoms with van der Waals surface area (Å²) in [7, 11) is 0. The van der Waals surface area contributed by atoms with Crippen LogP contribution in [-0.2, 0) is 6.54 Å². The first-order chi connectivity index (χ1) is 8.58. The molecule has 0 fully saturated rings. The third-order valence-corrected chi connectivity index (χ3v) is 3.10. The van der Waals surface area contributed by atoms with E-state index in [1.165, 1.54) is 0 Å². The van der Waals surface area contributed by atoms with E-state index in [4.69, 9.17) is 11.6 Å². The van der Waals surface area contributed by atoms with E-state index in [0.717, 1.165) is 28.5 Å². The highest BCUT2D eigenvalue weighted by molar-refractivity contribution is 6.31. The van der Waals surface area contributed by atoms with Crippen LogP contribution in [0.2, 0.25) is 5.02 Å². The third kappa shape index (κ3) is 2.92. The summed E-state index contributed by atoms with van der Waals surface area (Å²) in [4.78, 5) is 0. The molecule has 2 rings (SSSR count). The molecule has 0 spiro atoms. The molecule has 0 unspecified atom stereocenters. The maximum absolute atomic E-state index is 6.29. The van der Waals surface area contributed by atoms with Gasteiger partial charge >= 0.3 is 0 Å². The molecule has 1 aromatic carbocycles. The molecular weight excluding hydrogens is 246 g/mol. The predicted molar refractivity (Wildman–Crippen MR) is 75.3 cm³/mol. The predicted octanol–water partition coefficient (Wildman–Crippen LogP) is 3.33. The van der Waals surface area contributed by atoms with Crippen LogP contribution in [-0.4, -0.2) is 15.8 Å². The number of rotatable bonds is 4. The summed E-state index contributed by atoms with van der Waals surface area (Å²) in [6.45, 7) is 6.96. The number of nitrogens with zero attached hydrogens (tertiary/aromatic N) is 2. The molecule has 96 valence electrons. The fourth-order valence-electron chi connectivity index (χ4n) is 1.79. The monoisotopic (exact) mass is 263 g/mol. The van der Waals surface area contributed by atoms with E-state index in [0.29, 0.717) is 6.04 Å². The van der Waals surface area contributed by atoms with Crippen LogP contribution in [0.3, 0.4) is 0 Å². The fraction of sp³-hybridized carbons (Fsp3) is 0.357. The van der Waals surface area contributed by atoms with E-state index in [-0.39, 0.29) is 0 Å². The van der Waals surface area contributed by atoms with Crippen molar-refractivity contribution in [1.82, 2.24) is 15.1 Å². The van der Waals surface area contributed by atoms with Gasteiger partial charge in [-0.25, -0.2) is 4.68 Å². The Morgan fingerprint density at radius 2 is 2.11 bits per heavy atom. The van der Waals surface area contributed by atoms with Crippen LogP contribution in [0, 0.1) is 6.92 Å². The van der Waals surface area contributed by atoms with E-state index < -0.39 is 0 Å². The molecule has 0 amide bonds. The van der Waals surface area contributed by atoms with Crippen LogP contribution in [0.25, 0.3) is 5.69 Å². The standard InChI is InChI=1S/C14H18ClN3/c1-10(2)16-9-12-13(15)5-4-6-14(12)18-8-7-11(3)17-18/h4-8,10,16H,9H2,1-3H3. The topological polar surface area (TPSA) is 29.9 Å². The number of aryl methyl sites for hydroxylation is 1. The van der Waals surface area contributed by atoms with Crippen molar-refractivity contribution < 1.29 is 0 Å². The zero-order chi connectivity index (χ0) is 13.1. The highest BCUT2D eigenvalue weighted by Gasteiger charge is 2.09. The van der Waals surface area contributed by atoms with E-state index in [1.807, 2.05) is 42.1 Å². The van der Waals surface area contributed by atoms with Crippen molar-refractivity contribution >= 4 is 11.6 Å². The van der Waals surface area contributed by atoms with E-state index >= 15 is 0 Å². The second-order valence-electron chi connectivity index (χ2n) is 4.67. The van der Waals surface area contributed by atoms with Crippen LogP contribution in [0.4, 0.5) is 0 Å². The van der Waals surface area contributed by atoms with Gasteiger partial charge in [0.05, 0.1) is 11.4 Å². The zero-order valence-corrected chi connectivity index (χ0v) is 11.7. The molecule has 0 aliphatic rings. The summed E-state index contributed by atoms with van der Waals surface area (Å²) in [6.07, 6.45) is 1.96. The first-order valence-electron chi connectivity index (χ1n) is 6.11. The number of aromatic nitrogens is 2. The molecule has 1 heterocycles. The summed E-state index contributed by atoms with van der Waals surface area (Å²) >= 11 is 6.29. The van der Waals surface area contributed by atoms with Gasteiger partial charge in [0.2, 0.25) is 0 Å². The third-order valence-electron chi connectivity index (χ3n) is 2.75. The molecular formula is C14H18ClN3. The summed E-state index contributed by atoms with van der Waals surface area (Å²) < 4.78 is 1.87. The van der Waals surface area contributed by atoms with Gasteiger partial charge in [0.25, 0.3) is 0 Å². The number of hydrogen-bond acceptors (Lipinski definition) is 2. The normalized spacial score (nSPS) is 11.2. The van der Waals surface area contributed by atoms with Crippen LogP contribution in [0.5, 0.6) is 0 Å². The first kappa shape index (κ1) is 13.1. The Kier molecular flexibility index (Phi) is 4.04. The first-order valence-corrected chi connectivity index (χ1v) is 6.49. The summed E-state index contributed by atoms with van der Waals surface area (Å²) in [6, 6.07) is 8.32. The van der Waals surface area contributed by atoms with Crippen molar-refractivity contribution in [2.24, 2.45) is 0 Å². The smallest absolute Gasteiger partial charge is 0.0705 e. The molecule has 3 nitrogen and oxygen atoms in total. The molecule has 1 N–H and O–H groups in total. The number of hydrogen-bond donors (Lipinski definition) is 1. The lowest BCUT2D eigenvalue weighted by Crippen LogP contribution is -2.23. The number of benzene rings is 1. The summed E-state index contributed by atoms with van der Waals surface area (Å²) in [5.74, 6) is 0. The molecule has 0 radical (unpaired) electrons. The van der Waals surface area contributed by atoms with Gasteiger partial charge in [-0.1, -0.05) is 31.5 Å². The second-order valence-corrected chi connectivity index (χ2v) is 5.08. The fourth-order valence-corrected chi connectivity index (χ4v) is 2.03. The minimum Gasteiger partial charge on any atom is -0.310 e. The van der Waals surface area contributed by atoms with Crippen LogP contribution in [0.15, 0.2) is 30.5 Å². The average Bonchev–Trinajstić information content (AvgIpc) is 2.73. The SMILES string of the molecule is Cc1ccn(-c2cccc(Cl)c2CNC(C)C)n1.